The van der Waals surface area contributed by atoms with Gasteiger partial charge in [0, 0.05) is 39.4 Å². The van der Waals surface area contributed by atoms with Gasteiger partial charge in [-0.2, -0.15) is 13.2 Å². The van der Waals surface area contributed by atoms with Gasteiger partial charge in [-0.25, -0.2) is 17.5 Å². The highest BCUT2D eigenvalue weighted by atomic mass is 32.2. The molecule has 1 saturated heterocycles. The molecule has 1 aliphatic heterocycles. The van der Waals surface area contributed by atoms with Gasteiger partial charge in [0.1, 0.15) is 0 Å². The molecule has 2 amide bonds. The van der Waals surface area contributed by atoms with Crippen molar-refractivity contribution in [3.05, 3.63) is 53.6 Å². The lowest BCUT2D eigenvalue weighted by Crippen LogP contribution is -2.36. The zero-order valence-corrected chi connectivity index (χ0v) is 19.0. The maximum absolute atomic E-state index is 13.6. The summed E-state index contributed by atoms with van der Waals surface area (Å²) in [6.45, 7) is 1.84. The van der Waals surface area contributed by atoms with Crippen LogP contribution in [-0.2, 0) is 27.5 Å². The minimum atomic E-state index is -4.65. The fraction of sp³-hybridized carbons (Fsp3) is 0.381. The normalized spacial score (nSPS) is 14.9. The summed E-state index contributed by atoms with van der Waals surface area (Å²) < 4.78 is 71.4. The van der Waals surface area contributed by atoms with Gasteiger partial charge in [0.2, 0.25) is 10.0 Å². The van der Waals surface area contributed by atoms with E-state index in [-0.39, 0.29) is 17.1 Å². The number of halogens is 3. The third kappa shape index (κ3) is 6.15. The highest BCUT2D eigenvalue weighted by molar-refractivity contribution is 7.89. The molecular weight excluding hydrogens is 461 g/mol. The first-order chi connectivity index (χ1) is 15.5. The molecule has 33 heavy (non-hydrogen) atoms. The number of rotatable bonds is 6. The topological polar surface area (TPSA) is 91.0 Å². The molecule has 2 aromatic carbocycles. The lowest BCUT2D eigenvalue weighted by atomic mass is 10.1. The lowest BCUT2D eigenvalue weighted by molar-refractivity contribution is -0.136. The van der Waals surface area contributed by atoms with Crippen molar-refractivity contribution in [3.8, 4) is 0 Å². The van der Waals surface area contributed by atoms with Crippen molar-refractivity contribution in [1.29, 1.82) is 0 Å². The molecule has 0 unspecified atom stereocenters. The first kappa shape index (κ1) is 24.8. The van der Waals surface area contributed by atoms with Crippen LogP contribution in [0.1, 0.15) is 11.1 Å². The zero-order chi connectivity index (χ0) is 24.2. The molecule has 0 spiro atoms. The number of benzene rings is 2. The third-order valence-corrected chi connectivity index (χ3v) is 6.92. The smallest absolute Gasteiger partial charge is 0.378 e. The largest absolute Gasteiger partial charge is 0.418 e. The van der Waals surface area contributed by atoms with Gasteiger partial charge in [0.05, 0.1) is 29.4 Å². The minimum absolute atomic E-state index is 0.00133. The van der Waals surface area contributed by atoms with Crippen LogP contribution in [0.25, 0.3) is 0 Å². The summed E-state index contributed by atoms with van der Waals surface area (Å²) in [6, 6.07) is 8.81. The molecule has 1 aliphatic rings. The molecule has 2 N–H and O–H groups in total. The van der Waals surface area contributed by atoms with Gasteiger partial charge < -0.3 is 20.3 Å². The van der Waals surface area contributed by atoms with Crippen LogP contribution in [0.2, 0.25) is 0 Å². The van der Waals surface area contributed by atoms with Gasteiger partial charge in [0.25, 0.3) is 0 Å². The maximum atomic E-state index is 13.6. The fourth-order valence-electron chi connectivity index (χ4n) is 3.23. The van der Waals surface area contributed by atoms with Gasteiger partial charge >= 0.3 is 12.2 Å². The second kappa shape index (κ2) is 9.98. The number of sulfonamides is 1. The summed E-state index contributed by atoms with van der Waals surface area (Å²) >= 11 is 0. The summed E-state index contributed by atoms with van der Waals surface area (Å²) in [5.41, 5.74) is -0.310. The number of hydrogen-bond donors (Lipinski definition) is 2. The number of carbonyl (C=O) groups is 1. The van der Waals surface area contributed by atoms with Crippen LogP contribution >= 0.6 is 0 Å². The fourth-order valence-corrected chi connectivity index (χ4v) is 4.13. The molecule has 0 aliphatic carbocycles. The Morgan fingerprint density at radius 1 is 1.09 bits per heavy atom. The van der Waals surface area contributed by atoms with E-state index in [2.05, 4.69) is 10.6 Å². The van der Waals surface area contributed by atoms with Gasteiger partial charge in [-0.3, -0.25) is 0 Å². The van der Waals surface area contributed by atoms with E-state index in [1.54, 1.807) is 4.90 Å². The van der Waals surface area contributed by atoms with Gasteiger partial charge in [-0.05, 0) is 35.9 Å². The molecule has 180 valence electrons. The molecule has 1 fully saturated rings. The standard InChI is InChI=1S/C21H25F3N4O4S/c1-27(2)33(30,31)17-6-3-15(4-7-17)14-25-20(29)26-19-8-5-16(13-18(19)21(22,23)24)28-9-11-32-12-10-28/h3-8,13H,9-12,14H2,1-2H3,(H2,25,26,29). The number of nitrogens with one attached hydrogen (secondary N) is 2. The Bertz CT molecular complexity index is 1080. The van der Waals surface area contributed by atoms with Crippen molar-refractivity contribution in [2.24, 2.45) is 0 Å². The van der Waals surface area contributed by atoms with Crippen molar-refractivity contribution in [2.45, 2.75) is 17.6 Å². The SMILES string of the molecule is CN(C)S(=O)(=O)c1ccc(CNC(=O)Nc2ccc(N3CCOCC3)cc2C(F)(F)F)cc1. The highest BCUT2D eigenvalue weighted by Crippen LogP contribution is 2.37. The first-order valence-corrected chi connectivity index (χ1v) is 11.5. The Hall–Kier alpha value is -2.83. The van der Waals surface area contributed by atoms with Crippen molar-refractivity contribution in [2.75, 3.05) is 50.6 Å². The Morgan fingerprint density at radius 3 is 2.30 bits per heavy atom. The average Bonchev–Trinajstić information content (AvgIpc) is 2.78. The average molecular weight is 487 g/mol. The van der Waals surface area contributed by atoms with E-state index in [1.165, 1.54) is 50.5 Å². The van der Waals surface area contributed by atoms with E-state index in [0.717, 1.165) is 10.4 Å². The van der Waals surface area contributed by atoms with Crippen molar-refractivity contribution >= 4 is 27.4 Å². The predicted octanol–water partition coefficient (Wildman–Crippen LogP) is 3.11. The molecular formula is C21H25F3N4O4S. The second-order valence-electron chi connectivity index (χ2n) is 7.57. The number of anilines is 2. The number of hydrogen-bond acceptors (Lipinski definition) is 5. The van der Waals surface area contributed by atoms with E-state index >= 15 is 0 Å². The summed E-state index contributed by atoms with van der Waals surface area (Å²) in [4.78, 5) is 14.1. The summed E-state index contributed by atoms with van der Waals surface area (Å²) in [5, 5.41) is 4.73. The van der Waals surface area contributed by atoms with E-state index in [4.69, 9.17) is 4.74 Å². The van der Waals surface area contributed by atoms with Crippen LogP contribution in [0.4, 0.5) is 29.3 Å². The van der Waals surface area contributed by atoms with Crippen LogP contribution in [0.3, 0.4) is 0 Å². The number of morpholine rings is 1. The molecule has 0 bridgehead atoms. The predicted molar refractivity (Wildman–Crippen MR) is 118 cm³/mol. The Balaban J connectivity index is 1.67. The third-order valence-electron chi connectivity index (χ3n) is 5.09. The lowest BCUT2D eigenvalue weighted by Gasteiger charge is -2.29. The molecule has 0 radical (unpaired) electrons. The quantitative estimate of drug-likeness (QED) is 0.655. The second-order valence-corrected chi connectivity index (χ2v) is 9.72. The molecule has 0 saturated carbocycles. The monoisotopic (exact) mass is 486 g/mol. The molecule has 8 nitrogen and oxygen atoms in total. The zero-order valence-electron chi connectivity index (χ0n) is 18.1. The van der Waals surface area contributed by atoms with E-state index in [9.17, 15) is 26.4 Å². The molecule has 2 aromatic rings. The maximum Gasteiger partial charge on any atom is 0.418 e. The minimum Gasteiger partial charge on any atom is -0.378 e. The Kier molecular flexibility index (Phi) is 7.50. The number of ether oxygens (including phenoxy) is 1. The van der Waals surface area contributed by atoms with Crippen LogP contribution in [0.15, 0.2) is 47.4 Å². The van der Waals surface area contributed by atoms with Crippen molar-refractivity contribution in [3.63, 3.8) is 0 Å². The highest BCUT2D eigenvalue weighted by Gasteiger charge is 2.35. The number of nitrogens with zero attached hydrogens (tertiary/aromatic N) is 2. The summed E-state index contributed by atoms with van der Waals surface area (Å²) in [7, 11) is -0.750. The number of urea groups is 1. The van der Waals surface area contributed by atoms with Crippen LogP contribution < -0.4 is 15.5 Å². The summed E-state index contributed by atoms with van der Waals surface area (Å²) in [6.07, 6.45) is -4.65. The van der Waals surface area contributed by atoms with E-state index in [1.807, 2.05) is 0 Å². The first-order valence-electron chi connectivity index (χ1n) is 10.1. The Labute approximate surface area is 190 Å². The number of carbonyl (C=O) groups excluding carboxylic acids is 1. The number of alkyl halides is 3. The molecule has 3 rings (SSSR count). The molecule has 0 aromatic heterocycles. The van der Waals surface area contributed by atoms with E-state index < -0.39 is 27.8 Å². The molecule has 12 heteroatoms. The van der Waals surface area contributed by atoms with Crippen LogP contribution in [0, 0.1) is 0 Å². The molecule has 0 atom stereocenters. The van der Waals surface area contributed by atoms with Gasteiger partial charge in [0.15, 0.2) is 0 Å². The van der Waals surface area contributed by atoms with Crippen LogP contribution in [0.5, 0.6) is 0 Å². The van der Waals surface area contributed by atoms with Crippen LogP contribution in [-0.4, -0.2) is 59.2 Å². The van der Waals surface area contributed by atoms with Crippen molar-refractivity contribution < 1.29 is 31.1 Å². The van der Waals surface area contributed by atoms with Gasteiger partial charge in [-0.15, -0.1) is 0 Å². The van der Waals surface area contributed by atoms with E-state index in [0.29, 0.717) is 37.6 Å². The van der Waals surface area contributed by atoms with Crippen molar-refractivity contribution in [1.82, 2.24) is 9.62 Å². The van der Waals surface area contributed by atoms with Gasteiger partial charge in [-0.1, -0.05) is 12.1 Å². The Morgan fingerprint density at radius 2 is 1.73 bits per heavy atom. The molecule has 1 heterocycles. The summed E-state index contributed by atoms with van der Waals surface area (Å²) in [5.74, 6) is 0. The number of amides is 2.